The highest BCUT2D eigenvalue weighted by molar-refractivity contribution is 5.94. The smallest absolute Gasteiger partial charge is 0.251 e. The summed E-state index contributed by atoms with van der Waals surface area (Å²) in [5.41, 5.74) is 3.24. The zero-order valence-electron chi connectivity index (χ0n) is 11.2. The minimum absolute atomic E-state index is 0.107. The van der Waals surface area contributed by atoms with Crippen LogP contribution >= 0.6 is 0 Å². The molecule has 0 radical (unpaired) electrons. The highest BCUT2D eigenvalue weighted by atomic mass is 16.1. The SMILES string of the molecule is Cc1ccc(C(=O)N[C@H]2C[C@H]3CC[C@H]2C3)cc1C. The van der Waals surface area contributed by atoms with E-state index < -0.39 is 0 Å². The maximum atomic E-state index is 12.2. The number of carbonyl (C=O) groups excluding carboxylic acids is 1. The molecule has 2 aliphatic rings. The standard InChI is InChI=1S/C16H21NO/c1-10-3-5-14(7-11(10)2)16(18)17-15-9-12-4-6-13(15)8-12/h3,5,7,12-13,15H,4,6,8-9H2,1-2H3,(H,17,18)/t12-,13-,15-/m0/s1. The third-order valence-corrected chi connectivity index (χ3v) is 4.82. The van der Waals surface area contributed by atoms with Crippen molar-refractivity contribution in [3.05, 3.63) is 34.9 Å². The predicted octanol–water partition coefficient (Wildman–Crippen LogP) is 3.22. The van der Waals surface area contributed by atoms with Crippen LogP contribution in [0.4, 0.5) is 0 Å². The van der Waals surface area contributed by atoms with Gasteiger partial charge in [0.2, 0.25) is 0 Å². The molecule has 2 bridgehead atoms. The van der Waals surface area contributed by atoms with Gasteiger partial charge in [-0.2, -0.15) is 0 Å². The van der Waals surface area contributed by atoms with Crippen molar-refractivity contribution in [2.75, 3.05) is 0 Å². The molecule has 0 aliphatic heterocycles. The third kappa shape index (κ3) is 2.05. The Kier molecular flexibility index (Phi) is 2.89. The van der Waals surface area contributed by atoms with Crippen molar-refractivity contribution in [1.82, 2.24) is 5.32 Å². The van der Waals surface area contributed by atoms with Gasteiger partial charge >= 0.3 is 0 Å². The molecule has 2 nitrogen and oxygen atoms in total. The number of fused-ring (bicyclic) bond motifs is 2. The van der Waals surface area contributed by atoms with Crippen molar-refractivity contribution >= 4 is 5.91 Å². The fourth-order valence-corrected chi connectivity index (χ4v) is 3.56. The van der Waals surface area contributed by atoms with E-state index in [1.54, 1.807) is 0 Å². The first-order valence-electron chi connectivity index (χ1n) is 7.01. The molecule has 2 saturated carbocycles. The molecule has 0 spiro atoms. The Bertz CT molecular complexity index is 480. The highest BCUT2D eigenvalue weighted by Crippen LogP contribution is 2.44. The molecule has 0 unspecified atom stereocenters. The van der Waals surface area contributed by atoms with Crippen LogP contribution in [0.15, 0.2) is 18.2 Å². The number of hydrogen-bond acceptors (Lipinski definition) is 1. The van der Waals surface area contributed by atoms with Crippen molar-refractivity contribution in [2.45, 2.75) is 45.6 Å². The number of hydrogen-bond donors (Lipinski definition) is 1. The predicted molar refractivity (Wildman–Crippen MR) is 72.6 cm³/mol. The lowest BCUT2D eigenvalue weighted by Crippen LogP contribution is -2.38. The van der Waals surface area contributed by atoms with Crippen LogP contribution in [0, 0.1) is 25.7 Å². The van der Waals surface area contributed by atoms with Crippen LogP contribution in [-0.2, 0) is 0 Å². The Morgan fingerprint density at radius 3 is 2.61 bits per heavy atom. The van der Waals surface area contributed by atoms with Gasteiger partial charge in [0, 0.05) is 11.6 Å². The fraction of sp³-hybridized carbons (Fsp3) is 0.562. The van der Waals surface area contributed by atoms with E-state index in [9.17, 15) is 4.79 Å². The number of nitrogens with one attached hydrogen (secondary N) is 1. The van der Waals surface area contributed by atoms with Gasteiger partial charge in [-0.05, 0) is 68.2 Å². The van der Waals surface area contributed by atoms with Crippen molar-refractivity contribution < 1.29 is 4.79 Å². The molecule has 1 aromatic carbocycles. The van der Waals surface area contributed by atoms with Gasteiger partial charge in [0.1, 0.15) is 0 Å². The molecular formula is C16H21NO. The largest absolute Gasteiger partial charge is 0.349 e. The Labute approximate surface area is 109 Å². The highest BCUT2D eigenvalue weighted by Gasteiger charge is 2.40. The molecule has 0 saturated heterocycles. The minimum atomic E-state index is 0.107. The van der Waals surface area contributed by atoms with Crippen molar-refractivity contribution in [1.29, 1.82) is 0 Å². The van der Waals surface area contributed by atoms with Crippen molar-refractivity contribution in [2.24, 2.45) is 11.8 Å². The second-order valence-electron chi connectivity index (χ2n) is 6.05. The van der Waals surface area contributed by atoms with E-state index in [1.807, 2.05) is 18.2 Å². The van der Waals surface area contributed by atoms with Crippen molar-refractivity contribution in [3.8, 4) is 0 Å². The normalized spacial score (nSPS) is 29.6. The lowest BCUT2D eigenvalue weighted by molar-refractivity contribution is 0.0923. The van der Waals surface area contributed by atoms with E-state index in [2.05, 4.69) is 19.2 Å². The van der Waals surface area contributed by atoms with Crippen molar-refractivity contribution in [3.63, 3.8) is 0 Å². The van der Waals surface area contributed by atoms with Crippen LogP contribution in [0.5, 0.6) is 0 Å². The summed E-state index contributed by atoms with van der Waals surface area (Å²) < 4.78 is 0. The van der Waals surface area contributed by atoms with Gasteiger partial charge in [0.05, 0.1) is 0 Å². The summed E-state index contributed by atoms with van der Waals surface area (Å²) in [4.78, 5) is 12.2. The molecule has 3 rings (SSSR count). The molecule has 0 heterocycles. The summed E-state index contributed by atoms with van der Waals surface area (Å²) >= 11 is 0. The average Bonchev–Trinajstić information content (AvgIpc) is 2.94. The molecule has 1 amide bonds. The first kappa shape index (κ1) is 11.8. The zero-order valence-corrected chi connectivity index (χ0v) is 11.2. The second-order valence-corrected chi connectivity index (χ2v) is 6.05. The Balaban J connectivity index is 1.69. The Hall–Kier alpha value is -1.31. The quantitative estimate of drug-likeness (QED) is 0.849. The molecule has 1 N–H and O–H groups in total. The van der Waals surface area contributed by atoms with Crippen LogP contribution in [0.2, 0.25) is 0 Å². The summed E-state index contributed by atoms with van der Waals surface area (Å²) in [6.45, 7) is 4.14. The van der Waals surface area contributed by atoms with Crippen LogP contribution in [0.25, 0.3) is 0 Å². The average molecular weight is 243 g/mol. The summed E-state index contributed by atoms with van der Waals surface area (Å²) in [5, 5.41) is 3.23. The molecule has 96 valence electrons. The molecule has 18 heavy (non-hydrogen) atoms. The van der Waals surface area contributed by atoms with E-state index in [1.165, 1.54) is 36.8 Å². The number of rotatable bonds is 2. The summed E-state index contributed by atoms with van der Waals surface area (Å²) in [6.07, 6.45) is 5.21. The molecule has 0 aromatic heterocycles. The zero-order chi connectivity index (χ0) is 12.7. The van der Waals surface area contributed by atoms with Gasteiger partial charge in [0.15, 0.2) is 0 Å². The molecule has 2 fully saturated rings. The van der Waals surface area contributed by atoms with Crippen LogP contribution < -0.4 is 5.32 Å². The Morgan fingerprint density at radius 2 is 2.00 bits per heavy atom. The molecule has 3 atom stereocenters. The van der Waals surface area contributed by atoms with E-state index in [-0.39, 0.29) is 5.91 Å². The summed E-state index contributed by atoms with van der Waals surface area (Å²) in [6, 6.07) is 6.39. The van der Waals surface area contributed by atoms with E-state index in [0.29, 0.717) is 6.04 Å². The monoisotopic (exact) mass is 243 g/mol. The van der Waals surface area contributed by atoms with Crippen LogP contribution in [0.1, 0.15) is 47.2 Å². The second kappa shape index (κ2) is 4.42. The molecular weight excluding hydrogens is 222 g/mol. The van der Waals surface area contributed by atoms with Gasteiger partial charge in [-0.15, -0.1) is 0 Å². The molecule has 2 heteroatoms. The van der Waals surface area contributed by atoms with Gasteiger partial charge in [-0.25, -0.2) is 0 Å². The van der Waals surface area contributed by atoms with Gasteiger partial charge in [-0.1, -0.05) is 12.5 Å². The van der Waals surface area contributed by atoms with E-state index in [0.717, 1.165) is 17.4 Å². The number of carbonyl (C=O) groups is 1. The van der Waals surface area contributed by atoms with Gasteiger partial charge < -0.3 is 5.32 Å². The van der Waals surface area contributed by atoms with E-state index in [4.69, 9.17) is 0 Å². The molecule has 2 aliphatic carbocycles. The maximum Gasteiger partial charge on any atom is 0.251 e. The summed E-state index contributed by atoms with van der Waals surface area (Å²) in [7, 11) is 0. The van der Waals surface area contributed by atoms with Crippen LogP contribution in [-0.4, -0.2) is 11.9 Å². The first-order valence-corrected chi connectivity index (χ1v) is 7.01. The lowest BCUT2D eigenvalue weighted by atomic mass is 9.95. The molecule has 1 aromatic rings. The number of amides is 1. The van der Waals surface area contributed by atoms with E-state index >= 15 is 0 Å². The van der Waals surface area contributed by atoms with Gasteiger partial charge in [0.25, 0.3) is 5.91 Å². The third-order valence-electron chi connectivity index (χ3n) is 4.82. The van der Waals surface area contributed by atoms with Crippen LogP contribution in [0.3, 0.4) is 0 Å². The maximum absolute atomic E-state index is 12.2. The lowest BCUT2D eigenvalue weighted by Gasteiger charge is -2.23. The van der Waals surface area contributed by atoms with Gasteiger partial charge in [-0.3, -0.25) is 4.79 Å². The first-order chi connectivity index (χ1) is 8.63. The fourth-order valence-electron chi connectivity index (χ4n) is 3.56. The Morgan fingerprint density at radius 1 is 1.17 bits per heavy atom. The number of aryl methyl sites for hydroxylation is 2. The number of benzene rings is 1. The minimum Gasteiger partial charge on any atom is -0.349 e. The summed E-state index contributed by atoms with van der Waals surface area (Å²) in [5.74, 6) is 1.72. The topological polar surface area (TPSA) is 29.1 Å².